The monoisotopic (exact) mass is 1100 g/mol. The highest BCUT2D eigenvalue weighted by Gasteiger charge is 2.42. The highest BCUT2D eigenvalue weighted by molar-refractivity contribution is 8.01. The largest absolute Gasteiger partial charge is 0.359 e. The van der Waals surface area contributed by atoms with Gasteiger partial charge in [0.2, 0.25) is 35.4 Å². The smallest absolute Gasteiger partial charge is 0.316 e. The van der Waals surface area contributed by atoms with Gasteiger partial charge in [0.05, 0.1) is 22.8 Å². The second-order valence-corrected chi connectivity index (χ2v) is 22.1. The van der Waals surface area contributed by atoms with E-state index in [4.69, 9.17) is 11.1 Å². The summed E-state index contributed by atoms with van der Waals surface area (Å²) in [5, 5.41) is 36.9. The van der Waals surface area contributed by atoms with Crippen molar-refractivity contribution in [3.05, 3.63) is 80.5 Å². The molecule has 4 saturated heterocycles. The molecule has 418 valence electrons. The fourth-order valence-corrected chi connectivity index (χ4v) is 12.4. The maximum absolute atomic E-state index is 13.0. The number of carbonyl (C=O) groups excluding carboxylic acids is 8. The van der Waals surface area contributed by atoms with Gasteiger partial charge >= 0.3 is 12.1 Å². The van der Waals surface area contributed by atoms with E-state index in [-0.39, 0.29) is 70.3 Å². The molecule has 0 aromatic heterocycles. The first-order chi connectivity index (χ1) is 37.2. The summed E-state index contributed by atoms with van der Waals surface area (Å²) in [6, 6.07) is 12.4. The first-order valence-corrected chi connectivity index (χ1v) is 28.5. The van der Waals surface area contributed by atoms with Crippen molar-refractivity contribution < 1.29 is 38.4 Å². The lowest BCUT2D eigenvalue weighted by Crippen LogP contribution is -2.48. The van der Waals surface area contributed by atoms with Crippen LogP contribution in [-0.4, -0.2) is 120 Å². The van der Waals surface area contributed by atoms with Gasteiger partial charge in [-0.2, -0.15) is 0 Å². The van der Waals surface area contributed by atoms with Crippen molar-refractivity contribution in [2.24, 2.45) is 10.2 Å². The number of hydrogen-bond acceptors (Lipinski definition) is 12. The SMILES string of the molecule is CCNC(=O)CCCCNC(=O)C(Cc1ccc(N=[N+]=[N-])cc1)NC(=O)CCCCC1CC2NC(=O)NC2S1.CNC(=O)CCCCNC(=O)C(Cc1ccc(N=[N+]=[N-])cc1)NC(=O)CCCCC1CC2NC(=O)NC2S1. The summed E-state index contributed by atoms with van der Waals surface area (Å²) in [6.45, 7) is 3.29. The number of rotatable bonds is 31. The molecule has 0 bridgehead atoms. The maximum atomic E-state index is 13.0. The van der Waals surface area contributed by atoms with Crippen LogP contribution < -0.4 is 53.2 Å². The van der Waals surface area contributed by atoms with Crippen LogP contribution in [0.1, 0.15) is 121 Å². The number of urea groups is 2. The molecule has 77 heavy (non-hydrogen) atoms. The van der Waals surface area contributed by atoms with Gasteiger partial charge in [0.1, 0.15) is 12.1 Å². The highest BCUT2D eigenvalue weighted by Crippen LogP contribution is 2.38. The van der Waals surface area contributed by atoms with Crippen molar-refractivity contribution in [1.29, 1.82) is 0 Å². The maximum Gasteiger partial charge on any atom is 0.316 e. The van der Waals surface area contributed by atoms with Gasteiger partial charge in [-0.1, -0.05) is 71.6 Å². The van der Waals surface area contributed by atoms with Crippen LogP contribution >= 0.6 is 23.5 Å². The average Bonchev–Trinajstić information content (AvgIpc) is 4.17. The summed E-state index contributed by atoms with van der Waals surface area (Å²) in [5.41, 5.74) is 19.8. The van der Waals surface area contributed by atoms with Gasteiger partial charge in [0.15, 0.2) is 0 Å². The van der Waals surface area contributed by atoms with Crippen molar-refractivity contribution in [3.8, 4) is 0 Å². The van der Waals surface area contributed by atoms with Crippen LogP contribution in [0.3, 0.4) is 0 Å². The summed E-state index contributed by atoms with van der Waals surface area (Å²) in [5.74, 6) is -0.952. The van der Waals surface area contributed by atoms with Gasteiger partial charge in [-0.3, -0.25) is 28.8 Å². The van der Waals surface area contributed by atoms with E-state index in [0.29, 0.717) is 119 Å². The molecule has 24 nitrogen and oxygen atoms in total. The number of thioether (sulfide) groups is 2. The Hall–Kier alpha value is -6.88. The predicted octanol–water partition coefficient (Wildman–Crippen LogP) is 5.91. The van der Waals surface area contributed by atoms with E-state index in [1.807, 2.05) is 6.92 Å². The molecule has 4 heterocycles. The molecule has 2 aromatic carbocycles. The molecule has 2 aromatic rings. The van der Waals surface area contributed by atoms with Crippen LogP contribution in [0.2, 0.25) is 0 Å². The molecular formula is C51H74N16O8S2. The molecule has 4 fully saturated rings. The Morgan fingerprint density at radius 2 is 0.974 bits per heavy atom. The van der Waals surface area contributed by atoms with Gasteiger partial charge < -0.3 is 53.2 Å². The Morgan fingerprint density at radius 1 is 0.571 bits per heavy atom. The molecule has 8 unspecified atom stereocenters. The number of hydrogen-bond donors (Lipinski definition) is 10. The van der Waals surface area contributed by atoms with Crippen LogP contribution in [0.15, 0.2) is 58.8 Å². The van der Waals surface area contributed by atoms with Crippen molar-refractivity contribution in [1.82, 2.24) is 53.2 Å². The molecule has 4 aliphatic heterocycles. The van der Waals surface area contributed by atoms with Crippen molar-refractivity contribution >= 4 is 82.4 Å². The zero-order valence-electron chi connectivity index (χ0n) is 43.9. The predicted molar refractivity (Wildman–Crippen MR) is 296 cm³/mol. The number of azide groups is 2. The van der Waals surface area contributed by atoms with E-state index in [1.54, 1.807) is 79.1 Å². The van der Waals surface area contributed by atoms with E-state index in [1.165, 1.54) is 0 Å². The third-order valence-electron chi connectivity index (χ3n) is 13.3. The fraction of sp³-hybridized carbons (Fsp3) is 0.608. The molecule has 0 aliphatic carbocycles. The van der Waals surface area contributed by atoms with E-state index in [9.17, 15) is 38.4 Å². The zero-order chi connectivity index (χ0) is 55.4. The number of unbranched alkanes of at least 4 members (excludes halogenated alkanes) is 4. The zero-order valence-corrected chi connectivity index (χ0v) is 45.5. The summed E-state index contributed by atoms with van der Waals surface area (Å²) < 4.78 is 0. The minimum absolute atomic E-state index is 0.00374. The van der Waals surface area contributed by atoms with Crippen molar-refractivity contribution in [2.75, 3.05) is 26.7 Å². The number of carbonyl (C=O) groups is 8. The Bertz CT molecular complexity index is 2370. The van der Waals surface area contributed by atoms with Gasteiger partial charge in [-0.05, 0) is 93.3 Å². The van der Waals surface area contributed by atoms with E-state index < -0.39 is 12.1 Å². The van der Waals surface area contributed by atoms with Crippen molar-refractivity contribution in [3.63, 3.8) is 0 Å². The Morgan fingerprint density at radius 3 is 1.36 bits per heavy atom. The molecule has 10 amide bonds. The average molecular weight is 1100 g/mol. The van der Waals surface area contributed by atoms with Crippen LogP contribution in [-0.2, 0) is 41.6 Å². The third kappa shape index (κ3) is 22.3. The first-order valence-electron chi connectivity index (χ1n) is 26.6. The minimum Gasteiger partial charge on any atom is -0.359 e. The second-order valence-electron chi connectivity index (χ2n) is 19.3. The van der Waals surface area contributed by atoms with Crippen molar-refractivity contribution in [2.45, 2.75) is 168 Å². The van der Waals surface area contributed by atoms with Gasteiger partial charge in [-0.25, -0.2) is 9.59 Å². The Balaban J connectivity index is 0.000000284. The molecule has 4 aliphatic rings. The Kier molecular flexibility index (Phi) is 26.4. The number of nitrogens with one attached hydrogen (secondary N) is 10. The lowest BCUT2D eigenvalue weighted by atomic mass is 10.0. The molecule has 26 heteroatoms. The lowest BCUT2D eigenvalue weighted by Gasteiger charge is -2.19. The number of benzene rings is 2. The van der Waals surface area contributed by atoms with Gasteiger partial charge in [0, 0.05) is 96.9 Å². The summed E-state index contributed by atoms with van der Waals surface area (Å²) in [4.78, 5) is 103. The fourth-order valence-electron chi connectivity index (χ4n) is 9.26. The number of fused-ring (bicyclic) bond motifs is 2. The van der Waals surface area contributed by atoms with Gasteiger partial charge in [-0.15, -0.1) is 23.5 Å². The standard InChI is InChI=1S/C26H38N8O4S.C25H36N8O4S/c1-2-28-22(35)8-5-6-14-29-24(37)20(15-17-10-12-18(13-11-17)33-34-27)30-23(36)9-4-3-7-19-16-21-25(39-19)32-26(38)31-21;1-27-21(34)7-4-5-13-28-23(36)19(14-16-9-11-17(12-10-16)32-33-26)29-22(35)8-3-2-6-18-15-20-24(38-18)31-25(37)30-20/h10-13,19-21,25H,2-9,14-16H2,1H3,(H,28,35)(H,29,37)(H,30,36)(H2,31,32,38);9-12,18-20,24H,2-8,13-15H2,1H3,(H,27,34)(H,28,36)(H,29,35)(H2,30,31,37). The lowest BCUT2D eigenvalue weighted by molar-refractivity contribution is -0.129. The molecule has 0 radical (unpaired) electrons. The van der Waals surface area contributed by atoms with E-state index >= 15 is 0 Å². The van der Waals surface area contributed by atoms with Crippen LogP contribution in [0.25, 0.3) is 20.9 Å². The molecule has 0 saturated carbocycles. The van der Waals surface area contributed by atoms with E-state index in [2.05, 4.69) is 73.2 Å². The molecule has 6 rings (SSSR count). The highest BCUT2D eigenvalue weighted by atomic mass is 32.2. The van der Waals surface area contributed by atoms with Crippen LogP contribution in [0.4, 0.5) is 21.0 Å². The molecule has 10 N–H and O–H groups in total. The summed E-state index contributed by atoms with van der Waals surface area (Å²) in [7, 11) is 1.59. The first kappa shape index (κ1) is 61.0. The Labute approximate surface area is 457 Å². The van der Waals surface area contributed by atoms with E-state index in [0.717, 1.165) is 49.7 Å². The van der Waals surface area contributed by atoms with Crippen LogP contribution in [0, 0.1) is 0 Å². The topological polar surface area (TPSA) is 354 Å². The molecule has 8 atom stereocenters. The minimum atomic E-state index is -0.745. The van der Waals surface area contributed by atoms with Gasteiger partial charge in [0.25, 0.3) is 0 Å². The molecule has 0 spiro atoms. The van der Waals surface area contributed by atoms with Crippen LogP contribution in [0.5, 0.6) is 0 Å². The quantitative estimate of drug-likeness (QED) is 0.0184. The number of amides is 10. The number of nitrogens with zero attached hydrogens (tertiary/aromatic N) is 6. The molecular weight excluding hydrogens is 1030 g/mol. The third-order valence-corrected chi connectivity index (χ3v) is 16.4. The summed E-state index contributed by atoms with van der Waals surface area (Å²) in [6.07, 6.45) is 11.7. The normalized spacial score (nSPS) is 20.2. The summed E-state index contributed by atoms with van der Waals surface area (Å²) >= 11 is 3.56. The second kappa shape index (κ2) is 33.3.